The third-order valence-electron chi connectivity index (χ3n) is 1.62. The molecule has 0 saturated carbocycles. The van der Waals surface area contributed by atoms with Crippen molar-refractivity contribution < 1.29 is 9.59 Å². The first-order valence-electron chi connectivity index (χ1n) is 4.51. The Hall–Kier alpha value is -1.18. The fourth-order valence-corrected chi connectivity index (χ4v) is 0.863. The van der Waals surface area contributed by atoms with Crippen molar-refractivity contribution >= 4 is 12.6 Å². The van der Waals surface area contributed by atoms with Gasteiger partial charge in [0.15, 0.2) is 0 Å². The molecule has 0 rings (SSSR count). The second-order valence-corrected chi connectivity index (χ2v) is 2.89. The van der Waals surface area contributed by atoms with Crippen molar-refractivity contribution in [2.24, 2.45) is 0 Å². The lowest BCUT2D eigenvalue weighted by molar-refractivity contribution is -0.108. The first-order chi connectivity index (χ1) is 6.31. The average molecular weight is 180 g/mol. The zero-order valence-corrected chi connectivity index (χ0v) is 8.03. The van der Waals surface area contributed by atoms with E-state index in [0.29, 0.717) is 12.8 Å². The summed E-state index contributed by atoms with van der Waals surface area (Å²) < 4.78 is 0. The molecule has 13 heavy (non-hydrogen) atoms. The molecule has 0 aromatic rings. The summed E-state index contributed by atoms with van der Waals surface area (Å²) in [4.78, 5) is 20.0. The molecule has 0 aromatic carbocycles. The maximum Gasteiger partial charge on any atom is 0.120 e. The Labute approximate surface area is 79.3 Å². The summed E-state index contributed by atoms with van der Waals surface area (Å²) in [6.07, 6.45) is 10.5. The molecule has 0 aromatic heterocycles. The van der Waals surface area contributed by atoms with Crippen molar-refractivity contribution in [1.82, 2.24) is 0 Å². The van der Waals surface area contributed by atoms with E-state index in [1.54, 1.807) is 0 Å². The van der Waals surface area contributed by atoms with Gasteiger partial charge >= 0.3 is 0 Å². The monoisotopic (exact) mass is 180 g/mol. The first-order valence-corrected chi connectivity index (χ1v) is 4.51. The van der Waals surface area contributed by atoms with E-state index in [1.165, 1.54) is 5.57 Å². The third-order valence-corrected chi connectivity index (χ3v) is 1.62. The van der Waals surface area contributed by atoms with Gasteiger partial charge in [0.1, 0.15) is 12.6 Å². The second kappa shape index (κ2) is 8.91. The molecule has 0 spiro atoms. The van der Waals surface area contributed by atoms with Crippen LogP contribution in [0.1, 0.15) is 32.6 Å². The Kier molecular flexibility index (Phi) is 8.10. The summed E-state index contributed by atoms with van der Waals surface area (Å²) in [6, 6.07) is 0. The molecule has 2 nitrogen and oxygen atoms in total. The standard InChI is InChI=1S/C11H16O2/c1-11(8-6-10-13)7-4-2-3-5-9-12/h2,4,7,9-10H,3,5-6,8H2,1H3/b4-2+,11-7+. The summed E-state index contributed by atoms with van der Waals surface area (Å²) in [6.45, 7) is 1.99. The largest absolute Gasteiger partial charge is 0.303 e. The molecule has 0 bridgehead atoms. The lowest BCUT2D eigenvalue weighted by Crippen LogP contribution is -1.78. The highest BCUT2D eigenvalue weighted by Gasteiger charge is 1.86. The van der Waals surface area contributed by atoms with Crippen molar-refractivity contribution in [3.8, 4) is 0 Å². The van der Waals surface area contributed by atoms with Crippen LogP contribution in [0.5, 0.6) is 0 Å². The van der Waals surface area contributed by atoms with E-state index in [2.05, 4.69) is 0 Å². The Bertz CT molecular complexity index is 202. The van der Waals surface area contributed by atoms with E-state index < -0.39 is 0 Å². The van der Waals surface area contributed by atoms with Gasteiger partial charge in [-0.15, -0.1) is 0 Å². The number of allylic oxidation sites excluding steroid dienone is 4. The highest BCUT2D eigenvalue weighted by Crippen LogP contribution is 2.02. The molecule has 0 aliphatic carbocycles. The van der Waals surface area contributed by atoms with Crippen LogP contribution in [0.25, 0.3) is 0 Å². The van der Waals surface area contributed by atoms with Gasteiger partial charge in [-0.05, 0) is 19.8 Å². The number of carbonyl (C=O) groups excluding carboxylic acids is 2. The van der Waals surface area contributed by atoms with Gasteiger partial charge in [-0.2, -0.15) is 0 Å². The SMILES string of the molecule is C/C(=C\C=C\CCC=O)CCC=O. The van der Waals surface area contributed by atoms with Crippen LogP contribution in [0.3, 0.4) is 0 Å². The molecule has 0 saturated heterocycles. The molecular formula is C11H16O2. The van der Waals surface area contributed by atoms with Crippen molar-refractivity contribution in [1.29, 1.82) is 0 Å². The molecule has 0 amide bonds. The summed E-state index contributed by atoms with van der Waals surface area (Å²) in [5.74, 6) is 0. The van der Waals surface area contributed by atoms with Crippen molar-refractivity contribution in [3.05, 3.63) is 23.8 Å². The molecule has 0 atom stereocenters. The van der Waals surface area contributed by atoms with Gasteiger partial charge < -0.3 is 9.59 Å². The predicted octanol–water partition coefficient (Wildman–Crippen LogP) is 2.45. The topological polar surface area (TPSA) is 34.1 Å². The molecule has 0 aliphatic rings. The summed E-state index contributed by atoms with van der Waals surface area (Å²) in [7, 11) is 0. The summed E-state index contributed by atoms with van der Waals surface area (Å²) in [5.41, 5.74) is 1.19. The van der Waals surface area contributed by atoms with Gasteiger partial charge in [0, 0.05) is 12.8 Å². The van der Waals surface area contributed by atoms with E-state index in [1.807, 2.05) is 25.2 Å². The average Bonchev–Trinajstić information content (AvgIpc) is 2.14. The van der Waals surface area contributed by atoms with Crippen LogP contribution in [0.4, 0.5) is 0 Å². The number of aldehydes is 2. The number of hydrogen-bond donors (Lipinski definition) is 0. The zero-order chi connectivity index (χ0) is 9.94. The minimum absolute atomic E-state index is 0.581. The minimum Gasteiger partial charge on any atom is -0.303 e. The van der Waals surface area contributed by atoms with E-state index in [4.69, 9.17) is 0 Å². The number of carbonyl (C=O) groups is 2. The maximum atomic E-state index is 10.0. The lowest BCUT2D eigenvalue weighted by Gasteiger charge is -1.92. The summed E-state index contributed by atoms with van der Waals surface area (Å²) >= 11 is 0. The zero-order valence-electron chi connectivity index (χ0n) is 8.03. The molecule has 2 heteroatoms. The van der Waals surface area contributed by atoms with Crippen LogP contribution in [0, 0.1) is 0 Å². The van der Waals surface area contributed by atoms with Crippen molar-refractivity contribution in [3.63, 3.8) is 0 Å². The molecule has 0 radical (unpaired) electrons. The number of rotatable bonds is 7. The van der Waals surface area contributed by atoms with Gasteiger partial charge in [-0.3, -0.25) is 0 Å². The molecular weight excluding hydrogens is 164 g/mol. The van der Waals surface area contributed by atoms with E-state index in [0.717, 1.165) is 25.4 Å². The van der Waals surface area contributed by atoms with Crippen LogP contribution in [-0.4, -0.2) is 12.6 Å². The normalized spacial score (nSPS) is 11.9. The van der Waals surface area contributed by atoms with Gasteiger partial charge in [-0.1, -0.05) is 23.8 Å². The lowest BCUT2D eigenvalue weighted by atomic mass is 10.1. The molecule has 0 fully saturated rings. The van der Waals surface area contributed by atoms with Crippen LogP contribution in [-0.2, 0) is 9.59 Å². The van der Waals surface area contributed by atoms with Gasteiger partial charge in [0.05, 0.1) is 0 Å². The molecule has 0 unspecified atom stereocenters. The Morgan fingerprint density at radius 1 is 1.08 bits per heavy atom. The Morgan fingerprint density at radius 2 is 1.77 bits per heavy atom. The second-order valence-electron chi connectivity index (χ2n) is 2.89. The highest BCUT2D eigenvalue weighted by atomic mass is 16.1. The minimum atomic E-state index is 0.581. The van der Waals surface area contributed by atoms with Gasteiger partial charge in [0.2, 0.25) is 0 Å². The number of unbranched alkanes of at least 4 members (excludes halogenated alkanes) is 1. The fourth-order valence-electron chi connectivity index (χ4n) is 0.863. The van der Waals surface area contributed by atoms with E-state index in [-0.39, 0.29) is 0 Å². The highest BCUT2D eigenvalue weighted by molar-refractivity contribution is 5.50. The first kappa shape index (κ1) is 11.8. The van der Waals surface area contributed by atoms with Crippen LogP contribution in [0.15, 0.2) is 23.8 Å². The Balaban J connectivity index is 3.61. The van der Waals surface area contributed by atoms with Crippen LogP contribution in [0.2, 0.25) is 0 Å². The molecule has 72 valence electrons. The van der Waals surface area contributed by atoms with Gasteiger partial charge in [-0.25, -0.2) is 0 Å². The van der Waals surface area contributed by atoms with Crippen LogP contribution < -0.4 is 0 Å². The molecule has 0 heterocycles. The van der Waals surface area contributed by atoms with Crippen molar-refractivity contribution in [2.75, 3.05) is 0 Å². The quantitative estimate of drug-likeness (QED) is 0.342. The molecule has 0 aliphatic heterocycles. The molecule has 0 N–H and O–H groups in total. The maximum absolute atomic E-state index is 10.0. The predicted molar refractivity (Wildman–Crippen MR) is 53.5 cm³/mol. The van der Waals surface area contributed by atoms with Gasteiger partial charge in [0.25, 0.3) is 0 Å². The number of hydrogen-bond acceptors (Lipinski definition) is 2. The smallest absolute Gasteiger partial charge is 0.120 e. The summed E-state index contributed by atoms with van der Waals surface area (Å²) in [5, 5.41) is 0. The van der Waals surface area contributed by atoms with E-state index >= 15 is 0 Å². The third kappa shape index (κ3) is 8.73. The van der Waals surface area contributed by atoms with E-state index in [9.17, 15) is 9.59 Å². The Morgan fingerprint density at radius 3 is 2.38 bits per heavy atom. The van der Waals surface area contributed by atoms with Crippen LogP contribution >= 0.6 is 0 Å². The fraction of sp³-hybridized carbons (Fsp3) is 0.455. The van der Waals surface area contributed by atoms with Crippen molar-refractivity contribution in [2.45, 2.75) is 32.6 Å².